The van der Waals surface area contributed by atoms with Crippen molar-refractivity contribution in [3.63, 3.8) is 0 Å². The number of hydrogen-bond donors (Lipinski definition) is 2. The maximum absolute atomic E-state index is 12.9. The zero-order valence-corrected chi connectivity index (χ0v) is 16.7. The first-order valence-corrected chi connectivity index (χ1v) is 10.7. The van der Waals surface area contributed by atoms with E-state index in [1.807, 2.05) is 6.07 Å². The minimum absolute atomic E-state index is 0.308. The van der Waals surface area contributed by atoms with Crippen LogP contribution in [0.15, 0.2) is 35.4 Å². The van der Waals surface area contributed by atoms with E-state index in [9.17, 15) is 8.42 Å². The number of fused-ring (bicyclic) bond motifs is 2. The van der Waals surface area contributed by atoms with Crippen LogP contribution in [-0.4, -0.2) is 28.3 Å². The zero-order valence-electron chi connectivity index (χ0n) is 15.8. The molecule has 0 spiro atoms. The lowest BCUT2D eigenvalue weighted by atomic mass is 9.97. The average Bonchev–Trinajstić information content (AvgIpc) is 3.04. The molecular formula is C20H24N4O2S. The quantitative estimate of drug-likeness (QED) is 0.708. The Hall–Kier alpha value is -2.41. The molecule has 0 amide bonds. The van der Waals surface area contributed by atoms with Crippen molar-refractivity contribution < 1.29 is 8.42 Å². The average molecular weight is 385 g/mol. The van der Waals surface area contributed by atoms with Gasteiger partial charge in [-0.2, -0.15) is 5.10 Å². The lowest BCUT2D eigenvalue weighted by molar-refractivity contribution is 0.560. The van der Waals surface area contributed by atoms with Gasteiger partial charge in [-0.1, -0.05) is 0 Å². The van der Waals surface area contributed by atoms with Crippen LogP contribution >= 0.6 is 0 Å². The van der Waals surface area contributed by atoms with Gasteiger partial charge in [0.15, 0.2) is 15.7 Å². The van der Waals surface area contributed by atoms with Crippen molar-refractivity contribution in [2.24, 2.45) is 0 Å². The van der Waals surface area contributed by atoms with E-state index in [1.165, 1.54) is 17.7 Å². The number of nitrogens with one attached hydrogen (secondary N) is 2. The van der Waals surface area contributed by atoms with Gasteiger partial charge in [-0.3, -0.25) is 10.1 Å². The van der Waals surface area contributed by atoms with E-state index in [1.54, 1.807) is 45.2 Å². The Morgan fingerprint density at radius 2 is 1.89 bits per heavy atom. The molecule has 2 heterocycles. The Kier molecular flexibility index (Phi) is 4.22. The summed E-state index contributed by atoms with van der Waals surface area (Å²) in [6.07, 6.45) is 6.09. The van der Waals surface area contributed by atoms with Gasteiger partial charge < -0.3 is 5.32 Å². The first-order chi connectivity index (χ1) is 12.8. The van der Waals surface area contributed by atoms with Gasteiger partial charge in [0.05, 0.1) is 20.8 Å². The molecule has 2 aromatic heterocycles. The van der Waals surface area contributed by atoms with Crippen LogP contribution < -0.4 is 5.32 Å². The maximum atomic E-state index is 12.9. The summed E-state index contributed by atoms with van der Waals surface area (Å²) in [5.74, 6) is 0.821. The first kappa shape index (κ1) is 18.0. The molecule has 1 aliphatic rings. The van der Waals surface area contributed by atoms with Crippen molar-refractivity contribution in [1.82, 2.24) is 15.2 Å². The van der Waals surface area contributed by atoms with Crippen molar-refractivity contribution in [2.45, 2.75) is 56.1 Å². The van der Waals surface area contributed by atoms with E-state index >= 15 is 0 Å². The number of aryl methyl sites for hydroxylation is 1. The van der Waals surface area contributed by atoms with Crippen molar-refractivity contribution in [2.75, 3.05) is 5.32 Å². The lowest BCUT2D eigenvalue weighted by Crippen LogP contribution is -2.27. The Morgan fingerprint density at radius 3 is 2.67 bits per heavy atom. The predicted octanol–water partition coefficient (Wildman–Crippen LogP) is 4.15. The largest absolute Gasteiger partial charge is 0.338 e. The molecule has 0 saturated carbocycles. The van der Waals surface area contributed by atoms with E-state index in [-0.39, 0.29) is 0 Å². The molecule has 0 bridgehead atoms. The summed E-state index contributed by atoms with van der Waals surface area (Å²) >= 11 is 0. The van der Waals surface area contributed by atoms with E-state index in [0.717, 1.165) is 41.7 Å². The highest BCUT2D eigenvalue weighted by Gasteiger charge is 2.31. The van der Waals surface area contributed by atoms with Crippen LogP contribution in [0, 0.1) is 0 Å². The summed E-state index contributed by atoms with van der Waals surface area (Å²) in [6.45, 7) is 5.14. The number of pyridine rings is 1. The van der Waals surface area contributed by atoms with Gasteiger partial charge in [-0.25, -0.2) is 8.42 Å². The fourth-order valence-electron chi connectivity index (χ4n) is 3.47. The highest BCUT2D eigenvalue weighted by molar-refractivity contribution is 7.92. The van der Waals surface area contributed by atoms with Gasteiger partial charge in [-0.05, 0) is 70.7 Å². The number of aromatic nitrogens is 3. The molecule has 0 fully saturated rings. The van der Waals surface area contributed by atoms with Gasteiger partial charge in [0.25, 0.3) is 0 Å². The van der Waals surface area contributed by atoms with E-state index in [0.29, 0.717) is 4.90 Å². The van der Waals surface area contributed by atoms with E-state index in [4.69, 9.17) is 0 Å². The Bertz CT molecular complexity index is 1110. The van der Waals surface area contributed by atoms with E-state index in [2.05, 4.69) is 20.5 Å². The Labute approximate surface area is 159 Å². The number of H-pyrrole nitrogens is 1. The summed E-state index contributed by atoms with van der Waals surface area (Å²) in [6, 6.07) is 6.97. The van der Waals surface area contributed by atoms with E-state index < -0.39 is 14.6 Å². The summed E-state index contributed by atoms with van der Waals surface area (Å²) in [7, 11) is -3.44. The number of aromatic amines is 1. The molecule has 6 nitrogen and oxygen atoms in total. The molecule has 0 radical (unpaired) electrons. The van der Waals surface area contributed by atoms with Gasteiger partial charge >= 0.3 is 0 Å². The number of hydrogen-bond acceptors (Lipinski definition) is 5. The number of nitrogens with zero attached hydrogens (tertiary/aromatic N) is 2. The van der Waals surface area contributed by atoms with Crippen LogP contribution in [0.2, 0.25) is 0 Å². The van der Waals surface area contributed by atoms with Gasteiger partial charge in [0.2, 0.25) is 0 Å². The van der Waals surface area contributed by atoms with Crippen molar-refractivity contribution in [1.29, 1.82) is 0 Å². The van der Waals surface area contributed by atoms with Crippen LogP contribution in [0.4, 0.5) is 11.5 Å². The SMILES string of the molecule is CC(C)(C)S(=O)(=O)c1ccc2nccc(Nc3n[nH]c4c3CCCC4)c2c1. The molecule has 2 N–H and O–H groups in total. The molecule has 0 saturated heterocycles. The zero-order chi connectivity index (χ0) is 19.2. The summed E-state index contributed by atoms with van der Waals surface area (Å²) in [5, 5.41) is 11.7. The smallest absolute Gasteiger partial charge is 0.183 e. The second-order valence-electron chi connectivity index (χ2n) is 8.01. The van der Waals surface area contributed by atoms with Crippen LogP contribution in [0.3, 0.4) is 0 Å². The number of anilines is 2. The minimum Gasteiger partial charge on any atom is -0.338 e. The third-order valence-electron chi connectivity index (χ3n) is 5.14. The number of benzene rings is 1. The first-order valence-electron chi connectivity index (χ1n) is 9.24. The highest BCUT2D eigenvalue weighted by atomic mass is 32.2. The van der Waals surface area contributed by atoms with Crippen LogP contribution in [-0.2, 0) is 22.7 Å². The normalized spacial score (nSPS) is 14.9. The highest BCUT2D eigenvalue weighted by Crippen LogP contribution is 2.33. The van der Waals surface area contributed by atoms with Crippen LogP contribution in [0.1, 0.15) is 44.9 Å². The van der Waals surface area contributed by atoms with Crippen molar-refractivity contribution in [3.8, 4) is 0 Å². The summed E-state index contributed by atoms with van der Waals surface area (Å²) < 4.78 is 24.9. The molecule has 0 unspecified atom stereocenters. The molecule has 0 aliphatic heterocycles. The monoisotopic (exact) mass is 384 g/mol. The Balaban J connectivity index is 1.80. The maximum Gasteiger partial charge on any atom is 0.183 e. The molecule has 7 heteroatoms. The standard InChI is InChI=1S/C20H24N4O2S/c1-20(2,3)27(25,26)13-8-9-16-15(12-13)17(10-11-21-16)22-19-14-6-4-5-7-18(14)23-24-19/h8-12H,4-7H2,1-3H3,(H2,21,22,23,24). The van der Waals surface area contributed by atoms with Gasteiger partial charge in [0.1, 0.15) is 0 Å². The topological polar surface area (TPSA) is 87.7 Å². The molecular weight excluding hydrogens is 360 g/mol. The second-order valence-corrected chi connectivity index (χ2v) is 10.7. The summed E-state index contributed by atoms with van der Waals surface area (Å²) in [4.78, 5) is 4.69. The van der Waals surface area contributed by atoms with Crippen molar-refractivity contribution >= 4 is 32.2 Å². The Morgan fingerprint density at radius 1 is 1.11 bits per heavy atom. The van der Waals surface area contributed by atoms with Crippen LogP contribution in [0.5, 0.6) is 0 Å². The number of sulfone groups is 1. The molecule has 0 atom stereocenters. The fraction of sp³-hybridized carbons (Fsp3) is 0.400. The molecule has 27 heavy (non-hydrogen) atoms. The number of rotatable bonds is 3. The molecule has 142 valence electrons. The third-order valence-corrected chi connectivity index (χ3v) is 7.63. The molecule has 3 aromatic rings. The third kappa shape index (κ3) is 3.10. The molecule has 1 aromatic carbocycles. The van der Waals surface area contributed by atoms with Crippen LogP contribution in [0.25, 0.3) is 10.9 Å². The lowest BCUT2D eigenvalue weighted by Gasteiger charge is -2.20. The summed E-state index contributed by atoms with van der Waals surface area (Å²) in [5.41, 5.74) is 3.98. The minimum atomic E-state index is -3.44. The molecule has 4 rings (SSSR count). The predicted molar refractivity (Wildman–Crippen MR) is 107 cm³/mol. The van der Waals surface area contributed by atoms with Gasteiger partial charge in [0, 0.05) is 22.8 Å². The van der Waals surface area contributed by atoms with Crippen molar-refractivity contribution in [3.05, 3.63) is 41.7 Å². The second kappa shape index (κ2) is 6.34. The molecule has 1 aliphatic carbocycles. The fourth-order valence-corrected chi connectivity index (χ4v) is 4.69. The van der Waals surface area contributed by atoms with Gasteiger partial charge in [-0.15, -0.1) is 0 Å².